The molecule has 32 heavy (non-hydrogen) atoms. The van der Waals surface area contributed by atoms with Gasteiger partial charge >= 0.3 is 0 Å². The summed E-state index contributed by atoms with van der Waals surface area (Å²) in [5.74, 6) is 2.24. The molecule has 0 saturated carbocycles. The molecule has 5 aliphatic carbocycles. The number of fused-ring (bicyclic) bond motifs is 2. The van der Waals surface area contributed by atoms with E-state index in [4.69, 9.17) is 4.74 Å². The van der Waals surface area contributed by atoms with Gasteiger partial charge in [-0.15, -0.1) is 0 Å². The lowest BCUT2D eigenvalue weighted by Gasteiger charge is -2.59. The van der Waals surface area contributed by atoms with E-state index in [2.05, 4.69) is 97.1 Å². The highest BCUT2D eigenvalue weighted by Crippen LogP contribution is 2.69. The van der Waals surface area contributed by atoms with Crippen LogP contribution in [0.2, 0.25) is 0 Å². The molecule has 1 spiro atoms. The molecule has 0 amide bonds. The third-order valence-corrected chi connectivity index (χ3v) is 8.50. The van der Waals surface area contributed by atoms with Gasteiger partial charge in [-0.25, -0.2) is 0 Å². The van der Waals surface area contributed by atoms with Crippen molar-refractivity contribution >= 4 is 22.6 Å². The van der Waals surface area contributed by atoms with Gasteiger partial charge in [0.1, 0.15) is 5.76 Å². The van der Waals surface area contributed by atoms with Crippen LogP contribution in [0.4, 0.5) is 0 Å². The molecule has 0 fully saturated rings. The molecule has 0 radical (unpaired) electrons. The van der Waals surface area contributed by atoms with E-state index in [1.807, 2.05) is 7.11 Å². The normalized spacial score (nSPS) is 27.4. The molecule has 2 bridgehead atoms. The first-order chi connectivity index (χ1) is 15.8. The molecular weight excluding hydrogens is 388 g/mol. The summed E-state index contributed by atoms with van der Waals surface area (Å²) < 4.78 is 6.20. The van der Waals surface area contributed by atoms with Crippen LogP contribution in [-0.2, 0) is 10.2 Å². The third kappa shape index (κ3) is 1.73. The minimum absolute atomic E-state index is 0.201. The van der Waals surface area contributed by atoms with E-state index in [1.165, 1.54) is 49.7 Å². The second-order valence-electron chi connectivity index (χ2n) is 9.62. The van der Waals surface area contributed by atoms with E-state index in [-0.39, 0.29) is 5.41 Å². The lowest BCUT2D eigenvalue weighted by molar-refractivity contribution is 0.283. The summed E-state index contributed by atoms with van der Waals surface area (Å²) in [5, 5.41) is 2.58. The number of rotatable bonds is 1. The Kier molecular flexibility index (Phi) is 2.98. The van der Waals surface area contributed by atoms with E-state index in [0.717, 1.165) is 5.76 Å². The summed E-state index contributed by atoms with van der Waals surface area (Å²) in [4.78, 5) is 0. The Morgan fingerprint density at radius 3 is 2.25 bits per heavy atom. The lowest BCUT2D eigenvalue weighted by atomic mass is 9.43. The molecule has 0 aromatic heterocycles. The lowest BCUT2D eigenvalue weighted by Crippen LogP contribution is -2.51. The van der Waals surface area contributed by atoms with Crippen molar-refractivity contribution in [2.24, 2.45) is 5.92 Å². The molecule has 4 aromatic carbocycles. The number of hydrogen-bond donors (Lipinski definition) is 0. The molecule has 152 valence electrons. The minimum atomic E-state index is -0.201. The van der Waals surface area contributed by atoms with E-state index in [9.17, 15) is 0 Å². The molecule has 5 aliphatic rings. The number of methoxy groups -OCH3 is 1. The predicted molar refractivity (Wildman–Crippen MR) is 130 cm³/mol. The van der Waals surface area contributed by atoms with Gasteiger partial charge in [0.25, 0.3) is 0 Å². The quantitative estimate of drug-likeness (QED) is 0.328. The zero-order chi connectivity index (χ0) is 21.0. The Labute approximate surface area is 187 Å². The van der Waals surface area contributed by atoms with Crippen LogP contribution in [0.1, 0.15) is 50.8 Å². The average molecular weight is 411 g/mol. The summed E-state index contributed by atoms with van der Waals surface area (Å²) >= 11 is 0. The van der Waals surface area contributed by atoms with Crippen LogP contribution < -0.4 is 0 Å². The van der Waals surface area contributed by atoms with Gasteiger partial charge < -0.3 is 4.74 Å². The average Bonchev–Trinajstić information content (AvgIpc) is 2.86. The van der Waals surface area contributed by atoms with Crippen LogP contribution in [0.25, 0.3) is 22.6 Å². The Bertz CT molecular complexity index is 1490. The molecule has 0 N–H and O–H groups in total. The Hall–Kier alpha value is -3.58. The molecule has 1 heteroatoms. The smallest absolute Gasteiger partial charge is 0.124 e. The van der Waals surface area contributed by atoms with E-state index < -0.39 is 0 Å². The molecule has 2 unspecified atom stereocenters. The molecule has 0 aliphatic heterocycles. The van der Waals surface area contributed by atoms with E-state index in [0.29, 0.717) is 17.8 Å². The summed E-state index contributed by atoms with van der Waals surface area (Å²) in [7, 11) is 1.83. The standard InChI is InChI=1S/C31H22O/c1-32-26-17-31-24-12-6-4-10-21(24)28(22-11-5-7-13-25(22)31)23-15-14-19-16-18-8-2-3-9-20(18)29(26)27(19)30(23)31/h2-17,23,28,30H,1H3. The molecule has 4 aromatic rings. The topological polar surface area (TPSA) is 9.23 Å². The molecule has 2 atom stereocenters. The summed E-state index contributed by atoms with van der Waals surface area (Å²) in [6.45, 7) is 0. The van der Waals surface area contributed by atoms with E-state index in [1.54, 1.807) is 0 Å². The fourth-order valence-electron chi connectivity index (χ4n) is 7.51. The van der Waals surface area contributed by atoms with Crippen LogP contribution in [0.15, 0.2) is 91.0 Å². The largest absolute Gasteiger partial charge is 0.496 e. The summed E-state index contributed by atoms with van der Waals surface area (Å²) in [6.07, 6.45) is 7.35. The van der Waals surface area contributed by atoms with Gasteiger partial charge in [0.15, 0.2) is 0 Å². The first-order valence-corrected chi connectivity index (χ1v) is 11.5. The van der Waals surface area contributed by atoms with Crippen molar-refractivity contribution in [3.05, 3.63) is 130 Å². The zero-order valence-corrected chi connectivity index (χ0v) is 17.9. The second kappa shape index (κ2) is 5.61. The predicted octanol–water partition coefficient (Wildman–Crippen LogP) is 7.01. The maximum atomic E-state index is 6.20. The fourth-order valence-corrected chi connectivity index (χ4v) is 7.51. The van der Waals surface area contributed by atoms with Crippen molar-refractivity contribution in [2.75, 3.05) is 7.11 Å². The van der Waals surface area contributed by atoms with Crippen molar-refractivity contribution < 1.29 is 4.74 Å². The van der Waals surface area contributed by atoms with Crippen LogP contribution in [0.3, 0.4) is 0 Å². The van der Waals surface area contributed by atoms with Crippen LogP contribution in [-0.4, -0.2) is 7.11 Å². The Balaban J connectivity index is 1.61. The fraction of sp³-hybridized carbons (Fsp3) is 0.161. The molecule has 9 rings (SSSR count). The van der Waals surface area contributed by atoms with Gasteiger partial charge in [0.2, 0.25) is 0 Å². The Morgan fingerprint density at radius 2 is 1.50 bits per heavy atom. The van der Waals surface area contributed by atoms with Gasteiger partial charge in [-0.1, -0.05) is 84.9 Å². The highest BCUT2D eigenvalue weighted by atomic mass is 16.5. The zero-order valence-electron chi connectivity index (χ0n) is 17.9. The van der Waals surface area contributed by atoms with E-state index >= 15 is 0 Å². The SMILES string of the molecule is COC1=CC23c4ccccc4C(c4ccccc42)C2C=Cc4cc5ccccc5c1c4C23. The van der Waals surface area contributed by atoms with Crippen LogP contribution in [0.5, 0.6) is 0 Å². The molecular formula is C31H22O. The molecule has 0 saturated heterocycles. The van der Waals surface area contributed by atoms with Gasteiger partial charge in [0.05, 0.1) is 12.5 Å². The number of allylic oxidation sites excluding steroid dienone is 2. The van der Waals surface area contributed by atoms with Crippen molar-refractivity contribution in [2.45, 2.75) is 17.3 Å². The molecule has 0 heterocycles. The summed E-state index contributed by atoms with van der Waals surface area (Å²) in [5.41, 5.74) is 9.81. The highest BCUT2D eigenvalue weighted by Gasteiger charge is 2.60. The van der Waals surface area contributed by atoms with Crippen LogP contribution in [0, 0.1) is 5.92 Å². The first-order valence-electron chi connectivity index (χ1n) is 11.5. The van der Waals surface area contributed by atoms with Crippen LogP contribution >= 0.6 is 0 Å². The van der Waals surface area contributed by atoms with Crippen molar-refractivity contribution in [1.82, 2.24) is 0 Å². The number of ether oxygens (including phenoxy) is 1. The van der Waals surface area contributed by atoms with Crippen molar-refractivity contribution in [3.63, 3.8) is 0 Å². The van der Waals surface area contributed by atoms with Crippen molar-refractivity contribution in [3.8, 4) is 0 Å². The molecule has 1 nitrogen and oxygen atoms in total. The highest BCUT2D eigenvalue weighted by molar-refractivity contribution is 5.99. The number of benzene rings is 4. The van der Waals surface area contributed by atoms with Gasteiger partial charge in [-0.3, -0.25) is 0 Å². The second-order valence-corrected chi connectivity index (χ2v) is 9.62. The van der Waals surface area contributed by atoms with Gasteiger partial charge in [0, 0.05) is 17.4 Å². The maximum absolute atomic E-state index is 6.20. The minimum Gasteiger partial charge on any atom is -0.496 e. The van der Waals surface area contributed by atoms with Gasteiger partial charge in [-0.2, -0.15) is 0 Å². The maximum Gasteiger partial charge on any atom is 0.124 e. The van der Waals surface area contributed by atoms with Gasteiger partial charge in [-0.05, 0) is 62.2 Å². The first kappa shape index (κ1) is 17.0. The third-order valence-electron chi connectivity index (χ3n) is 8.50. The Morgan fingerprint density at radius 1 is 0.812 bits per heavy atom. The van der Waals surface area contributed by atoms with Crippen molar-refractivity contribution in [1.29, 1.82) is 0 Å². The number of hydrogen-bond acceptors (Lipinski definition) is 1. The summed E-state index contributed by atoms with van der Waals surface area (Å²) in [6, 6.07) is 29.4. The monoisotopic (exact) mass is 410 g/mol.